The minimum absolute atomic E-state index is 0.0548. The van der Waals surface area contributed by atoms with Crippen LogP contribution in [-0.2, 0) is 19.1 Å². The standard InChI is InChI=1S/C26H35N3O8/c1-7-34-20-14-18(19(15-21(20)35-8-2)37-26(4,5)25(31)36-9-3)22(24(30)33-6)28-17-12-10-16(11-13-17)23(27)29-32/h10-15,22,28,32H,7-9H2,1-6H3,(H2,27,29). The van der Waals surface area contributed by atoms with Crippen molar-refractivity contribution in [2.45, 2.75) is 46.3 Å². The molecule has 2 aromatic rings. The van der Waals surface area contributed by atoms with Gasteiger partial charge in [0.1, 0.15) is 5.75 Å². The van der Waals surface area contributed by atoms with Gasteiger partial charge in [0.25, 0.3) is 0 Å². The molecule has 0 aromatic heterocycles. The van der Waals surface area contributed by atoms with Crippen molar-refractivity contribution in [2.75, 3.05) is 32.2 Å². The van der Waals surface area contributed by atoms with Gasteiger partial charge in [-0.05, 0) is 65.0 Å². The highest BCUT2D eigenvalue weighted by Gasteiger charge is 2.35. The fraction of sp³-hybridized carbons (Fsp3) is 0.423. The summed E-state index contributed by atoms with van der Waals surface area (Å²) in [6, 6.07) is 8.68. The zero-order chi connectivity index (χ0) is 27.6. The quantitative estimate of drug-likeness (QED) is 0.118. The molecule has 0 spiro atoms. The van der Waals surface area contributed by atoms with E-state index in [9.17, 15) is 9.59 Å². The molecule has 0 aliphatic rings. The van der Waals surface area contributed by atoms with Gasteiger partial charge in [-0.1, -0.05) is 5.16 Å². The Morgan fingerprint density at radius 3 is 2.11 bits per heavy atom. The summed E-state index contributed by atoms with van der Waals surface area (Å²) in [6.45, 7) is 9.36. The molecule has 2 aromatic carbocycles. The minimum atomic E-state index is -1.38. The first-order valence-electron chi connectivity index (χ1n) is 11.8. The molecule has 0 aliphatic heterocycles. The molecular formula is C26H35N3O8. The van der Waals surface area contributed by atoms with Crippen molar-refractivity contribution >= 4 is 23.5 Å². The van der Waals surface area contributed by atoms with Crippen LogP contribution in [-0.4, -0.2) is 55.5 Å². The largest absolute Gasteiger partial charge is 0.490 e. The van der Waals surface area contributed by atoms with Crippen molar-refractivity contribution in [3.8, 4) is 17.2 Å². The molecule has 0 amide bonds. The number of nitrogens with two attached hydrogens (primary N) is 1. The molecule has 202 valence electrons. The van der Waals surface area contributed by atoms with Gasteiger partial charge >= 0.3 is 11.9 Å². The van der Waals surface area contributed by atoms with Crippen molar-refractivity contribution in [2.24, 2.45) is 10.9 Å². The maximum Gasteiger partial charge on any atom is 0.349 e. The van der Waals surface area contributed by atoms with Crippen LogP contribution < -0.4 is 25.3 Å². The van der Waals surface area contributed by atoms with Gasteiger partial charge in [0.2, 0.25) is 0 Å². The second-order valence-corrected chi connectivity index (χ2v) is 8.20. The molecule has 0 radical (unpaired) electrons. The maximum atomic E-state index is 13.0. The number of nitrogens with zero attached hydrogens (tertiary/aromatic N) is 1. The van der Waals surface area contributed by atoms with Crippen LogP contribution in [0.5, 0.6) is 17.2 Å². The van der Waals surface area contributed by atoms with Gasteiger partial charge in [-0.3, -0.25) is 0 Å². The van der Waals surface area contributed by atoms with Crippen LogP contribution in [0.25, 0.3) is 0 Å². The molecule has 2 rings (SSSR count). The van der Waals surface area contributed by atoms with Crippen molar-refractivity contribution in [3.63, 3.8) is 0 Å². The molecule has 1 unspecified atom stereocenters. The van der Waals surface area contributed by atoms with E-state index >= 15 is 0 Å². The van der Waals surface area contributed by atoms with Gasteiger partial charge in [-0.15, -0.1) is 0 Å². The van der Waals surface area contributed by atoms with E-state index in [4.69, 9.17) is 34.6 Å². The summed E-state index contributed by atoms with van der Waals surface area (Å²) in [6.07, 6.45) is 0. The lowest BCUT2D eigenvalue weighted by Crippen LogP contribution is -2.40. The number of hydrogen-bond acceptors (Lipinski definition) is 10. The number of anilines is 1. The van der Waals surface area contributed by atoms with E-state index in [-0.39, 0.29) is 18.2 Å². The number of ether oxygens (including phenoxy) is 5. The van der Waals surface area contributed by atoms with Crippen molar-refractivity contribution in [1.82, 2.24) is 0 Å². The Hall–Kier alpha value is -4.15. The summed E-state index contributed by atoms with van der Waals surface area (Å²) in [5, 5.41) is 15.0. The molecular weight excluding hydrogens is 482 g/mol. The summed E-state index contributed by atoms with van der Waals surface area (Å²) in [7, 11) is 1.26. The maximum absolute atomic E-state index is 13.0. The summed E-state index contributed by atoms with van der Waals surface area (Å²) >= 11 is 0. The number of methoxy groups -OCH3 is 1. The lowest BCUT2D eigenvalue weighted by atomic mass is 10.0. The molecule has 0 aliphatic carbocycles. The van der Waals surface area contributed by atoms with E-state index in [1.54, 1.807) is 57.2 Å². The number of hydrogen-bond donors (Lipinski definition) is 3. The monoisotopic (exact) mass is 517 g/mol. The van der Waals surface area contributed by atoms with Crippen LogP contribution in [0.15, 0.2) is 41.6 Å². The molecule has 37 heavy (non-hydrogen) atoms. The fourth-order valence-corrected chi connectivity index (χ4v) is 3.37. The molecule has 0 heterocycles. The van der Waals surface area contributed by atoms with E-state index in [1.165, 1.54) is 7.11 Å². The van der Waals surface area contributed by atoms with Crippen LogP contribution in [0.2, 0.25) is 0 Å². The molecule has 0 saturated carbocycles. The molecule has 0 bridgehead atoms. The average molecular weight is 518 g/mol. The number of oxime groups is 1. The number of esters is 2. The van der Waals surface area contributed by atoms with Gasteiger partial charge in [0.15, 0.2) is 29.0 Å². The lowest BCUT2D eigenvalue weighted by molar-refractivity contribution is -0.158. The number of benzene rings is 2. The van der Waals surface area contributed by atoms with Crippen molar-refractivity contribution in [3.05, 3.63) is 47.5 Å². The van der Waals surface area contributed by atoms with Gasteiger partial charge in [0.05, 0.1) is 26.9 Å². The van der Waals surface area contributed by atoms with Crippen LogP contribution in [0, 0.1) is 0 Å². The van der Waals surface area contributed by atoms with Crippen LogP contribution >= 0.6 is 0 Å². The van der Waals surface area contributed by atoms with Crippen LogP contribution in [0.1, 0.15) is 51.8 Å². The summed E-state index contributed by atoms with van der Waals surface area (Å²) in [5.74, 6) is -0.282. The van der Waals surface area contributed by atoms with E-state index in [2.05, 4.69) is 10.5 Å². The SMILES string of the molecule is CCOC(=O)C(C)(C)Oc1cc(OCC)c(OCC)cc1C(Nc1ccc(/C(N)=N/O)cc1)C(=O)OC. The molecule has 0 saturated heterocycles. The molecule has 4 N–H and O–H groups in total. The predicted octanol–water partition coefficient (Wildman–Crippen LogP) is 3.63. The van der Waals surface area contributed by atoms with Gasteiger partial charge < -0.3 is 39.9 Å². The number of amidine groups is 1. The summed E-state index contributed by atoms with van der Waals surface area (Å²) < 4.78 is 27.9. The fourth-order valence-electron chi connectivity index (χ4n) is 3.37. The van der Waals surface area contributed by atoms with E-state index in [1.807, 2.05) is 13.8 Å². The van der Waals surface area contributed by atoms with Crippen molar-refractivity contribution in [1.29, 1.82) is 0 Å². The highest BCUT2D eigenvalue weighted by molar-refractivity contribution is 5.97. The molecule has 0 fully saturated rings. The predicted molar refractivity (Wildman–Crippen MR) is 137 cm³/mol. The van der Waals surface area contributed by atoms with Crippen molar-refractivity contribution < 1.29 is 38.5 Å². The Balaban J connectivity index is 2.64. The number of carbonyl (C=O) groups excluding carboxylic acids is 2. The molecule has 1 atom stereocenters. The molecule has 11 nitrogen and oxygen atoms in total. The lowest BCUT2D eigenvalue weighted by Gasteiger charge is -2.28. The zero-order valence-electron chi connectivity index (χ0n) is 22.0. The number of rotatable bonds is 13. The topological polar surface area (TPSA) is 151 Å². The van der Waals surface area contributed by atoms with Crippen LogP contribution in [0.3, 0.4) is 0 Å². The Bertz CT molecular complexity index is 1100. The Kier molecular flexibility index (Phi) is 10.4. The first-order valence-corrected chi connectivity index (χ1v) is 11.8. The Labute approximate surface area is 216 Å². The minimum Gasteiger partial charge on any atom is -0.490 e. The highest BCUT2D eigenvalue weighted by atomic mass is 16.6. The smallest absolute Gasteiger partial charge is 0.349 e. The average Bonchev–Trinajstić information content (AvgIpc) is 2.88. The third-order valence-electron chi connectivity index (χ3n) is 5.16. The van der Waals surface area contributed by atoms with E-state index in [0.29, 0.717) is 41.5 Å². The summed E-state index contributed by atoms with van der Waals surface area (Å²) in [4.78, 5) is 25.6. The number of nitrogens with one attached hydrogen (secondary N) is 1. The van der Waals surface area contributed by atoms with Gasteiger partial charge in [0, 0.05) is 22.9 Å². The summed E-state index contributed by atoms with van der Waals surface area (Å²) in [5.41, 5.74) is 5.62. The van der Waals surface area contributed by atoms with E-state index < -0.39 is 23.6 Å². The van der Waals surface area contributed by atoms with E-state index in [0.717, 1.165) is 0 Å². The van der Waals surface area contributed by atoms with Gasteiger partial charge in [-0.2, -0.15) is 0 Å². The Morgan fingerprint density at radius 1 is 1.00 bits per heavy atom. The Morgan fingerprint density at radius 2 is 1.59 bits per heavy atom. The first-order chi connectivity index (χ1) is 17.6. The first kappa shape index (κ1) is 29.1. The third-order valence-corrected chi connectivity index (χ3v) is 5.16. The number of carbonyl (C=O) groups is 2. The normalized spacial score (nSPS) is 12.3. The van der Waals surface area contributed by atoms with Gasteiger partial charge in [-0.25, -0.2) is 9.59 Å². The van der Waals surface area contributed by atoms with Crippen LogP contribution in [0.4, 0.5) is 5.69 Å². The third kappa shape index (κ3) is 7.42. The highest BCUT2D eigenvalue weighted by Crippen LogP contribution is 2.41. The second kappa shape index (κ2) is 13.2. The second-order valence-electron chi connectivity index (χ2n) is 8.20. The zero-order valence-corrected chi connectivity index (χ0v) is 22.0. The molecule has 11 heteroatoms.